The topological polar surface area (TPSA) is 102 Å². The number of carbonyl (C=O) groups excluding carboxylic acids is 2. The van der Waals surface area contributed by atoms with E-state index in [9.17, 15) is 14.4 Å². The Bertz CT molecular complexity index is 433. The largest absolute Gasteiger partial charge is 0.481 e. The molecule has 1 unspecified atom stereocenters. The van der Waals surface area contributed by atoms with E-state index in [4.69, 9.17) is 14.6 Å². The summed E-state index contributed by atoms with van der Waals surface area (Å²) in [5.41, 5.74) is -0.562. The minimum Gasteiger partial charge on any atom is -0.481 e. The quantitative estimate of drug-likeness (QED) is 0.568. The smallest absolute Gasteiger partial charge is 0.407 e. The fraction of sp³-hybridized carbons (Fsp3) is 0.769. The van der Waals surface area contributed by atoms with Crippen LogP contribution in [0.25, 0.3) is 0 Å². The molecule has 1 amide bonds. The zero-order valence-corrected chi connectivity index (χ0v) is 13.4. The third-order valence-electron chi connectivity index (χ3n) is 2.59. The molecule has 0 spiro atoms. The first-order valence-corrected chi connectivity index (χ1v) is 7.48. The maximum Gasteiger partial charge on any atom is 0.407 e. The summed E-state index contributed by atoms with van der Waals surface area (Å²) in [7, 11) is 0. The van der Waals surface area contributed by atoms with Crippen molar-refractivity contribution in [3.8, 4) is 0 Å². The molecule has 0 aromatic heterocycles. The summed E-state index contributed by atoms with van der Waals surface area (Å²) in [6, 6.07) is 0. The molecule has 0 radical (unpaired) electrons. The SMILES string of the molecule is CC(C)(C)OC(=O)NCC1S[C@]1(C)OC(=O)CCC(=O)O. The second-order valence-electron chi connectivity index (χ2n) is 5.87. The number of ether oxygens (including phenoxy) is 2. The minimum absolute atomic E-state index is 0.0567. The van der Waals surface area contributed by atoms with Gasteiger partial charge in [-0.3, -0.25) is 9.59 Å². The number of rotatable bonds is 6. The highest BCUT2D eigenvalue weighted by Gasteiger charge is 2.55. The lowest BCUT2D eigenvalue weighted by molar-refractivity contribution is -0.151. The van der Waals surface area contributed by atoms with E-state index in [1.807, 2.05) is 0 Å². The molecule has 0 saturated carbocycles. The molecule has 1 rings (SSSR count). The lowest BCUT2D eigenvalue weighted by atomic mass is 10.2. The Morgan fingerprint density at radius 2 is 1.90 bits per heavy atom. The molecule has 1 saturated heterocycles. The summed E-state index contributed by atoms with van der Waals surface area (Å²) in [6.07, 6.45) is -0.924. The summed E-state index contributed by atoms with van der Waals surface area (Å²) in [5, 5.41) is 11.0. The number of hydrogen-bond acceptors (Lipinski definition) is 6. The van der Waals surface area contributed by atoms with E-state index in [2.05, 4.69) is 5.32 Å². The predicted octanol–water partition coefficient (Wildman–Crippen LogP) is 1.75. The first-order chi connectivity index (χ1) is 9.52. The molecule has 8 heteroatoms. The first-order valence-electron chi connectivity index (χ1n) is 6.60. The lowest BCUT2D eigenvalue weighted by Crippen LogP contribution is -2.36. The highest BCUT2D eigenvalue weighted by Crippen LogP contribution is 2.53. The predicted molar refractivity (Wildman–Crippen MR) is 77.0 cm³/mol. The van der Waals surface area contributed by atoms with Gasteiger partial charge in [-0.2, -0.15) is 0 Å². The van der Waals surface area contributed by atoms with Gasteiger partial charge in [0, 0.05) is 6.54 Å². The zero-order valence-electron chi connectivity index (χ0n) is 12.6. The average molecular weight is 319 g/mol. The molecule has 2 N–H and O–H groups in total. The van der Waals surface area contributed by atoms with Gasteiger partial charge in [0.2, 0.25) is 0 Å². The van der Waals surface area contributed by atoms with Crippen LogP contribution in [0.15, 0.2) is 0 Å². The summed E-state index contributed by atoms with van der Waals surface area (Å²) in [6.45, 7) is 7.37. The number of amides is 1. The Labute approximate surface area is 127 Å². The summed E-state index contributed by atoms with van der Waals surface area (Å²) in [4.78, 5) is 32.6. The molecule has 2 atom stereocenters. The molecule has 120 valence electrons. The Kier molecular flexibility index (Phi) is 5.49. The number of esters is 1. The summed E-state index contributed by atoms with van der Waals surface area (Å²) >= 11 is 1.40. The molecular weight excluding hydrogens is 298 g/mol. The van der Waals surface area contributed by atoms with Crippen LogP contribution in [-0.2, 0) is 19.1 Å². The Morgan fingerprint density at radius 3 is 2.43 bits per heavy atom. The maximum atomic E-state index is 11.5. The number of carbonyl (C=O) groups is 3. The van der Waals surface area contributed by atoms with Crippen molar-refractivity contribution in [2.24, 2.45) is 0 Å². The highest BCUT2D eigenvalue weighted by atomic mass is 32.2. The molecule has 7 nitrogen and oxygen atoms in total. The van der Waals surface area contributed by atoms with Crippen LogP contribution in [0.3, 0.4) is 0 Å². The maximum absolute atomic E-state index is 11.5. The van der Waals surface area contributed by atoms with Crippen LogP contribution in [0.2, 0.25) is 0 Å². The third kappa shape index (κ3) is 6.70. The lowest BCUT2D eigenvalue weighted by Gasteiger charge is -2.19. The van der Waals surface area contributed by atoms with E-state index in [0.29, 0.717) is 6.54 Å². The van der Waals surface area contributed by atoms with E-state index in [-0.39, 0.29) is 18.1 Å². The molecule has 1 heterocycles. The average Bonchev–Trinajstić information content (AvgIpc) is 2.92. The Hall–Kier alpha value is -1.44. The van der Waals surface area contributed by atoms with Crippen molar-refractivity contribution >= 4 is 29.8 Å². The summed E-state index contributed by atoms with van der Waals surface area (Å²) < 4.78 is 10.3. The van der Waals surface area contributed by atoms with E-state index in [1.165, 1.54) is 11.8 Å². The van der Waals surface area contributed by atoms with Gasteiger partial charge in [0.15, 0.2) is 4.93 Å². The minimum atomic E-state index is -1.04. The fourth-order valence-corrected chi connectivity index (χ4v) is 2.48. The van der Waals surface area contributed by atoms with E-state index < -0.39 is 28.6 Å². The molecule has 1 fully saturated rings. The number of thioether (sulfide) groups is 1. The van der Waals surface area contributed by atoms with Gasteiger partial charge in [0.05, 0.1) is 18.1 Å². The molecule has 0 aromatic carbocycles. The second kappa shape index (κ2) is 6.55. The number of aliphatic carboxylic acids is 1. The van der Waals surface area contributed by atoms with Gasteiger partial charge in [-0.05, 0) is 27.7 Å². The van der Waals surface area contributed by atoms with Crippen molar-refractivity contribution in [3.63, 3.8) is 0 Å². The molecular formula is C13H21NO6S. The van der Waals surface area contributed by atoms with Crippen molar-refractivity contribution in [3.05, 3.63) is 0 Å². The van der Waals surface area contributed by atoms with Crippen LogP contribution in [-0.4, -0.2) is 45.5 Å². The molecule has 0 aromatic rings. The van der Waals surface area contributed by atoms with E-state index >= 15 is 0 Å². The number of hydrogen-bond donors (Lipinski definition) is 2. The number of nitrogens with one attached hydrogen (secondary N) is 1. The van der Waals surface area contributed by atoms with Gasteiger partial charge in [0.1, 0.15) is 5.60 Å². The molecule has 0 bridgehead atoms. The van der Waals surface area contributed by atoms with Crippen LogP contribution in [0.1, 0.15) is 40.5 Å². The molecule has 21 heavy (non-hydrogen) atoms. The third-order valence-corrected chi connectivity index (χ3v) is 4.08. The van der Waals surface area contributed by atoms with Gasteiger partial charge in [-0.15, -0.1) is 11.8 Å². The van der Waals surface area contributed by atoms with Crippen LogP contribution in [0.4, 0.5) is 4.79 Å². The summed E-state index contributed by atoms with van der Waals surface area (Å²) in [5.74, 6) is -1.59. The van der Waals surface area contributed by atoms with Crippen LogP contribution >= 0.6 is 11.8 Å². The van der Waals surface area contributed by atoms with Crippen molar-refractivity contribution in [2.75, 3.05) is 6.54 Å². The monoisotopic (exact) mass is 319 g/mol. The van der Waals surface area contributed by atoms with Gasteiger partial charge in [-0.1, -0.05) is 0 Å². The van der Waals surface area contributed by atoms with Crippen molar-refractivity contribution in [2.45, 2.75) is 56.3 Å². The Balaban J connectivity index is 2.27. The second-order valence-corrected chi connectivity index (χ2v) is 7.49. The van der Waals surface area contributed by atoms with Gasteiger partial charge < -0.3 is 19.9 Å². The van der Waals surface area contributed by atoms with Crippen molar-refractivity contribution in [1.82, 2.24) is 5.32 Å². The van der Waals surface area contributed by atoms with E-state index in [1.54, 1.807) is 27.7 Å². The number of carboxylic acid groups (broad SMARTS) is 1. The van der Waals surface area contributed by atoms with Gasteiger partial charge in [-0.25, -0.2) is 4.79 Å². The van der Waals surface area contributed by atoms with Crippen LogP contribution in [0, 0.1) is 0 Å². The van der Waals surface area contributed by atoms with Crippen molar-refractivity contribution in [1.29, 1.82) is 0 Å². The highest BCUT2D eigenvalue weighted by molar-refractivity contribution is 8.08. The first kappa shape index (κ1) is 17.6. The van der Waals surface area contributed by atoms with Gasteiger partial charge >= 0.3 is 18.0 Å². The van der Waals surface area contributed by atoms with Crippen LogP contribution in [0.5, 0.6) is 0 Å². The molecule has 1 aliphatic heterocycles. The normalized spacial score (nSPS) is 24.1. The number of alkyl carbamates (subject to hydrolysis) is 1. The molecule has 1 aliphatic rings. The molecule has 0 aliphatic carbocycles. The zero-order chi connectivity index (χ0) is 16.3. The Morgan fingerprint density at radius 1 is 1.29 bits per heavy atom. The van der Waals surface area contributed by atoms with Crippen molar-refractivity contribution < 1.29 is 29.0 Å². The van der Waals surface area contributed by atoms with Crippen LogP contribution < -0.4 is 5.32 Å². The fourth-order valence-electron chi connectivity index (χ4n) is 1.54. The van der Waals surface area contributed by atoms with Gasteiger partial charge in [0.25, 0.3) is 0 Å². The standard InChI is InChI=1S/C13H21NO6S/c1-12(2,3)20-11(18)14-7-8-13(4,21-8)19-10(17)6-5-9(15)16/h8H,5-7H2,1-4H3,(H,14,18)(H,15,16)/t8?,13-/m0/s1. The van der Waals surface area contributed by atoms with E-state index in [0.717, 1.165) is 0 Å². The number of carboxylic acids is 1.